The number of fused-ring (bicyclic) bond motifs is 2. The molecule has 0 amide bonds. The van der Waals surface area contributed by atoms with E-state index >= 15 is 0 Å². The summed E-state index contributed by atoms with van der Waals surface area (Å²) in [7, 11) is 0. The monoisotopic (exact) mass is 386 g/mol. The lowest BCUT2D eigenvalue weighted by Gasteiger charge is -2.25. The number of nitrogens with one attached hydrogen (secondary N) is 1. The predicted molar refractivity (Wildman–Crippen MR) is 107 cm³/mol. The van der Waals surface area contributed by atoms with Crippen molar-refractivity contribution >= 4 is 0 Å². The molecule has 0 spiro atoms. The Balaban J connectivity index is 1.81. The van der Waals surface area contributed by atoms with E-state index in [4.69, 9.17) is 9.84 Å². The molecule has 2 N–H and O–H groups in total. The number of nitrogens with zero attached hydrogens (tertiary/aromatic N) is 3. The van der Waals surface area contributed by atoms with Gasteiger partial charge in [-0.1, -0.05) is 30.3 Å². The molecular formula is C22H18N4O3. The van der Waals surface area contributed by atoms with Gasteiger partial charge in [0.05, 0.1) is 28.4 Å². The molecule has 29 heavy (non-hydrogen) atoms. The number of ether oxygens (including phenoxy) is 1. The van der Waals surface area contributed by atoms with E-state index in [1.54, 1.807) is 35.9 Å². The van der Waals surface area contributed by atoms with Gasteiger partial charge in [0.15, 0.2) is 0 Å². The molecule has 2 aromatic heterocycles. The smallest absolute Gasteiger partial charge is 0.258 e. The molecule has 7 heteroatoms. The van der Waals surface area contributed by atoms with Crippen LogP contribution in [0.25, 0.3) is 5.69 Å². The van der Waals surface area contributed by atoms with Crippen molar-refractivity contribution in [2.24, 2.45) is 0 Å². The Morgan fingerprint density at radius 2 is 1.76 bits per heavy atom. The van der Waals surface area contributed by atoms with Crippen molar-refractivity contribution in [2.75, 3.05) is 0 Å². The maximum Gasteiger partial charge on any atom is 0.258 e. The molecule has 2 aromatic carbocycles. The van der Waals surface area contributed by atoms with Gasteiger partial charge >= 0.3 is 0 Å². The van der Waals surface area contributed by atoms with Crippen LogP contribution in [0.5, 0.6) is 17.5 Å². The zero-order chi connectivity index (χ0) is 20.1. The number of benzene rings is 2. The maximum atomic E-state index is 12.9. The van der Waals surface area contributed by atoms with Gasteiger partial charge in [0, 0.05) is 0 Å². The fraction of sp³-hybridized carbons (Fsp3) is 0.136. The van der Waals surface area contributed by atoms with Crippen LogP contribution in [0.2, 0.25) is 0 Å². The molecule has 1 aliphatic heterocycles. The highest BCUT2D eigenvalue weighted by Crippen LogP contribution is 2.47. The van der Waals surface area contributed by atoms with Crippen molar-refractivity contribution in [3.05, 3.63) is 93.2 Å². The summed E-state index contributed by atoms with van der Waals surface area (Å²) < 4.78 is 7.88. The van der Waals surface area contributed by atoms with Gasteiger partial charge in [-0.05, 0) is 43.7 Å². The molecule has 7 nitrogen and oxygen atoms in total. The number of aromatic hydroxyl groups is 1. The van der Waals surface area contributed by atoms with E-state index in [1.807, 2.05) is 37.3 Å². The zero-order valence-corrected chi connectivity index (χ0v) is 15.9. The molecule has 1 unspecified atom stereocenters. The molecule has 3 heterocycles. The molecule has 0 saturated heterocycles. The first-order valence-electron chi connectivity index (χ1n) is 9.25. The van der Waals surface area contributed by atoms with Crippen LogP contribution in [-0.2, 0) is 0 Å². The highest BCUT2D eigenvalue weighted by molar-refractivity contribution is 5.57. The Morgan fingerprint density at radius 1 is 1.03 bits per heavy atom. The molecule has 144 valence electrons. The van der Waals surface area contributed by atoms with Crippen LogP contribution in [-0.4, -0.2) is 24.9 Å². The largest absolute Gasteiger partial charge is 0.508 e. The van der Waals surface area contributed by atoms with Gasteiger partial charge in [-0.25, -0.2) is 4.68 Å². The van der Waals surface area contributed by atoms with Crippen LogP contribution in [0.3, 0.4) is 0 Å². The highest BCUT2D eigenvalue weighted by Gasteiger charge is 2.37. The normalized spacial score (nSPS) is 14.8. The topological polar surface area (TPSA) is 93.0 Å². The summed E-state index contributed by atoms with van der Waals surface area (Å²) in [6.45, 7) is 3.62. The minimum absolute atomic E-state index is 0.161. The fourth-order valence-corrected chi connectivity index (χ4v) is 3.83. The van der Waals surface area contributed by atoms with Crippen LogP contribution >= 0.6 is 0 Å². The molecule has 0 aliphatic carbocycles. The molecule has 5 rings (SSSR count). The van der Waals surface area contributed by atoms with E-state index in [9.17, 15) is 9.90 Å². The minimum atomic E-state index is -0.413. The van der Waals surface area contributed by atoms with Crippen LogP contribution in [0.15, 0.2) is 59.4 Å². The Morgan fingerprint density at radius 3 is 2.48 bits per heavy atom. The van der Waals surface area contributed by atoms with Crippen molar-refractivity contribution in [1.82, 2.24) is 19.7 Å². The number of para-hydroxylation sites is 1. The number of H-pyrrole nitrogens is 1. The minimum Gasteiger partial charge on any atom is -0.508 e. The number of aromatic amines is 1. The number of phenols is 1. The fourth-order valence-electron chi connectivity index (χ4n) is 3.83. The van der Waals surface area contributed by atoms with Gasteiger partial charge < -0.3 is 14.8 Å². The number of aryl methyl sites for hydroxylation is 2. The summed E-state index contributed by atoms with van der Waals surface area (Å²) in [5, 5.41) is 14.4. The van der Waals surface area contributed by atoms with E-state index in [1.165, 1.54) is 0 Å². The Kier molecular flexibility index (Phi) is 3.77. The molecule has 0 saturated carbocycles. The number of phenolic OH excluding ortho intramolecular Hbond substituents is 1. The number of hydrogen-bond donors (Lipinski definition) is 2. The first kappa shape index (κ1) is 17.2. The average molecular weight is 386 g/mol. The molecule has 0 bridgehead atoms. The second-order valence-corrected chi connectivity index (χ2v) is 7.05. The van der Waals surface area contributed by atoms with E-state index in [0.717, 1.165) is 22.5 Å². The maximum absolute atomic E-state index is 12.9. The van der Waals surface area contributed by atoms with Crippen molar-refractivity contribution in [2.45, 2.75) is 19.8 Å². The molecule has 0 radical (unpaired) electrons. The molecule has 1 aliphatic rings. The first-order valence-corrected chi connectivity index (χ1v) is 9.25. The second kappa shape index (κ2) is 6.34. The highest BCUT2D eigenvalue weighted by atomic mass is 16.5. The SMILES string of the molecule is Cc1nc2c(c(=O)[nH]1)C(c1ccc(O)cc1)c1c(C)nn(-c3ccccc3)c1O2. The third kappa shape index (κ3) is 2.70. The van der Waals surface area contributed by atoms with Crippen LogP contribution in [0, 0.1) is 13.8 Å². The van der Waals surface area contributed by atoms with Crippen LogP contribution < -0.4 is 10.3 Å². The summed E-state index contributed by atoms with van der Waals surface area (Å²) in [6, 6.07) is 16.5. The van der Waals surface area contributed by atoms with E-state index in [2.05, 4.69) is 9.97 Å². The third-order valence-electron chi connectivity index (χ3n) is 5.10. The first-order chi connectivity index (χ1) is 14.0. The Hall–Kier alpha value is -3.87. The molecule has 4 aromatic rings. The summed E-state index contributed by atoms with van der Waals surface area (Å²) in [5.74, 6) is 1.03. The zero-order valence-electron chi connectivity index (χ0n) is 15.9. The predicted octanol–water partition coefficient (Wildman–Crippen LogP) is 3.56. The lowest BCUT2D eigenvalue weighted by atomic mass is 9.84. The summed E-state index contributed by atoms with van der Waals surface area (Å²) in [6.07, 6.45) is 0. The van der Waals surface area contributed by atoms with Gasteiger partial charge in [-0.3, -0.25) is 4.79 Å². The lowest BCUT2D eigenvalue weighted by Crippen LogP contribution is -2.25. The van der Waals surface area contributed by atoms with Crippen molar-refractivity contribution in [3.8, 4) is 23.2 Å². The Bertz CT molecular complexity index is 1270. The molecule has 0 fully saturated rings. The van der Waals surface area contributed by atoms with E-state index in [0.29, 0.717) is 17.3 Å². The van der Waals surface area contributed by atoms with Gasteiger partial charge in [-0.2, -0.15) is 10.1 Å². The van der Waals surface area contributed by atoms with Gasteiger partial charge in [-0.15, -0.1) is 0 Å². The molecular weight excluding hydrogens is 368 g/mol. The standard InChI is InChI=1S/C22H18N4O3/c1-12-17-18(14-8-10-16(27)11-9-14)19-20(28)23-13(2)24-21(19)29-22(17)26(25-12)15-6-4-3-5-7-15/h3-11,18,27H,1-2H3,(H,23,24,28). The van der Waals surface area contributed by atoms with Crippen molar-refractivity contribution in [1.29, 1.82) is 0 Å². The van der Waals surface area contributed by atoms with E-state index < -0.39 is 5.92 Å². The summed E-state index contributed by atoms with van der Waals surface area (Å²) in [5.41, 5.74) is 3.45. The van der Waals surface area contributed by atoms with Crippen molar-refractivity contribution in [3.63, 3.8) is 0 Å². The number of hydrogen-bond acceptors (Lipinski definition) is 5. The van der Waals surface area contributed by atoms with Gasteiger partial charge in [0.2, 0.25) is 11.8 Å². The summed E-state index contributed by atoms with van der Waals surface area (Å²) >= 11 is 0. The van der Waals surface area contributed by atoms with Gasteiger partial charge in [0.1, 0.15) is 11.6 Å². The Labute approximate surface area is 166 Å². The third-order valence-corrected chi connectivity index (χ3v) is 5.10. The lowest BCUT2D eigenvalue weighted by molar-refractivity contribution is 0.399. The number of rotatable bonds is 2. The van der Waals surface area contributed by atoms with Crippen molar-refractivity contribution < 1.29 is 9.84 Å². The average Bonchev–Trinajstić information content (AvgIpc) is 3.04. The van der Waals surface area contributed by atoms with E-state index in [-0.39, 0.29) is 17.2 Å². The molecule has 1 atom stereocenters. The number of aromatic nitrogens is 4. The van der Waals surface area contributed by atoms with Crippen LogP contribution in [0.1, 0.15) is 34.1 Å². The summed E-state index contributed by atoms with van der Waals surface area (Å²) in [4.78, 5) is 20.1. The van der Waals surface area contributed by atoms with Crippen LogP contribution in [0.4, 0.5) is 0 Å². The second-order valence-electron chi connectivity index (χ2n) is 7.05. The van der Waals surface area contributed by atoms with Gasteiger partial charge in [0.25, 0.3) is 5.56 Å². The quantitative estimate of drug-likeness (QED) is 0.484.